The summed E-state index contributed by atoms with van der Waals surface area (Å²) in [5.41, 5.74) is 7.09. The highest BCUT2D eigenvalue weighted by Gasteiger charge is 2.23. The predicted octanol–water partition coefficient (Wildman–Crippen LogP) is 1.89. The van der Waals surface area contributed by atoms with Crippen LogP contribution in [0.1, 0.15) is 50.0 Å². The van der Waals surface area contributed by atoms with Crippen LogP contribution in [-0.4, -0.2) is 66.1 Å². The predicted molar refractivity (Wildman–Crippen MR) is 109 cm³/mol. The molecule has 7 nitrogen and oxygen atoms in total. The summed E-state index contributed by atoms with van der Waals surface area (Å²) in [6, 6.07) is 0.606. The molecule has 0 aliphatic carbocycles. The molecule has 0 aromatic carbocycles. The number of hydrogen-bond donors (Lipinski definition) is 2. The molecule has 1 aromatic heterocycles. The molecule has 2 aliphatic rings. The minimum atomic E-state index is 0.603. The highest BCUT2D eigenvalue weighted by molar-refractivity contribution is 5.77. The van der Waals surface area contributed by atoms with Gasteiger partial charge in [-0.1, -0.05) is 6.92 Å². The Morgan fingerprint density at radius 1 is 1.26 bits per heavy atom. The molecule has 0 saturated carbocycles. The number of nitrogens with one attached hydrogen (secondary N) is 1. The van der Waals surface area contributed by atoms with Gasteiger partial charge < -0.3 is 15.5 Å². The fourth-order valence-corrected chi connectivity index (χ4v) is 4.17. The molecule has 1 atom stereocenters. The first-order valence-electron chi connectivity index (χ1n) is 10.5. The van der Waals surface area contributed by atoms with Crippen LogP contribution >= 0.6 is 0 Å². The molecule has 0 amide bonds. The Morgan fingerprint density at radius 2 is 2.04 bits per heavy atom. The second-order valence-electron chi connectivity index (χ2n) is 8.00. The molecular formula is C20H36N6O. The number of aryl methyl sites for hydroxylation is 2. The van der Waals surface area contributed by atoms with Crippen molar-refractivity contribution in [1.29, 1.82) is 0 Å². The fraction of sp³-hybridized carbons (Fsp3) is 0.800. The number of likely N-dealkylation sites (N-methyl/N-ethyl adjacent to an activating group) is 1. The first-order chi connectivity index (χ1) is 13.0. The lowest BCUT2D eigenvalue weighted by Gasteiger charge is -2.30. The molecule has 3 rings (SSSR count). The molecule has 3 heterocycles. The number of aliphatic imine (C=N–C) groups is 1. The van der Waals surface area contributed by atoms with Crippen molar-refractivity contribution in [1.82, 2.24) is 20.1 Å². The number of likely N-dealkylation sites (tertiary alicyclic amines) is 2. The van der Waals surface area contributed by atoms with E-state index in [1.54, 1.807) is 0 Å². The van der Waals surface area contributed by atoms with Crippen molar-refractivity contribution in [2.75, 3.05) is 39.3 Å². The van der Waals surface area contributed by atoms with Crippen molar-refractivity contribution in [2.45, 2.75) is 59.0 Å². The second kappa shape index (κ2) is 9.55. The van der Waals surface area contributed by atoms with Crippen LogP contribution in [0.2, 0.25) is 0 Å². The van der Waals surface area contributed by atoms with E-state index in [4.69, 9.17) is 10.2 Å². The lowest BCUT2D eigenvalue weighted by Crippen LogP contribution is -2.43. The minimum Gasteiger partial charge on any atom is -0.444 e. The molecule has 27 heavy (non-hydrogen) atoms. The average molecular weight is 377 g/mol. The number of oxazole rings is 1. The SMILES string of the molecule is CCN1CCCC1CNC(N)=NCC1CCN(Cc2nc(C)c(C)o2)CC1. The quantitative estimate of drug-likeness (QED) is 0.559. The van der Waals surface area contributed by atoms with Crippen LogP contribution in [0.25, 0.3) is 0 Å². The van der Waals surface area contributed by atoms with Crippen molar-refractivity contribution in [3.8, 4) is 0 Å². The van der Waals surface area contributed by atoms with Crippen molar-refractivity contribution >= 4 is 5.96 Å². The fourth-order valence-electron chi connectivity index (χ4n) is 4.17. The van der Waals surface area contributed by atoms with Crippen LogP contribution in [0.4, 0.5) is 0 Å². The molecule has 1 unspecified atom stereocenters. The number of hydrogen-bond acceptors (Lipinski definition) is 5. The topological polar surface area (TPSA) is 82.9 Å². The zero-order chi connectivity index (χ0) is 19.2. The number of nitrogens with two attached hydrogens (primary N) is 1. The number of rotatable bonds is 7. The molecule has 7 heteroatoms. The summed E-state index contributed by atoms with van der Waals surface area (Å²) in [6.07, 6.45) is 4.86. The van der Waals surface area contributed by atoms with Crippen molar-refractivity contribution in [2.24, 2.45) is 16.6 Å². The van der Waals surface area contributed by atoms with Crippen molar-refractivity contribution in [3.63, 3.8) is 0 Å². The molecule has 1 aromatic rings. The van der Waals surface area contributed by atoms with Gasteiger partial charge in [-0.3, -0.25) is 14.8 Å². The van der Waals surface area contributed by atoms with Gasteiger partial charge in [0, 0.05) is 19.1 Å². The van der Waals surface area contributed by atoms with Gasteiger partial charge in [0.1, 0.15) is 5.76 Å². The van der Waals surface area contributed by atoms with E-state index in [1.807, 2.05) is 13.8 Å². The van der Waals surface area contributed by atoms with E-state index in [0.29, 0.717) is 17.9 Å². The van der Waals surface area contributed by atoms with E-state index in [2.05, 4.69) is 32.0 Å². The summed E-state index contributed by atoms with van der Waals surface area (Å²) in [5, 5.41) is 3.33. The molecule has 2 fully saturated rings. The standard InChI is InChI=1S/C20H36N6O/c1-4-26-9-5-6-18(26)13-23-20(21)22-12-17-7-10-25(11-8-17)14-19-24-15(2)16(3)27-19/h17-18H,4-14H2,1-3H3,(H3,21,22,23). The van der Waals surface area contributed by atoms with Gasteiger partial charge in [0.25, 0.3) is 0 Å². The van der Waals surface area contributed by atoms with Gasteiger partial charge in [-0.2, -0.15) is 0 Å². The van der Waals surface area contributed by atoms with E-state index in [9.17, 15) is 0 Å². The third kappa shape index (κ3) is 5.69. The Hall–Kier alpha value is -1.60. The van der Waals surface area contributed by atoms with Gasteiger partial charge in [-0.15, -0.1) is 0 Å². The third-order valence-electron chi connectivity index (χ3n) is 6.08. The Balaban J connectivity index is 1.35. The summed E-state index contributed by atoms with van der Waals surface area (Å²) < 4.78 is 5.70. The Labute approximate surface area is 163 Å². The first kappa shape index (κ1) is 20.1. The third-order valence-corrected chi connectivity index (χ3v) is 6.08. The van der Waals surface area contributed by atoms with E-state index in [0.717, 1.165) is 69.5 Å². The molecule has 2 aliphatic heterocycles. The zero-order valence-electron chi connectivity index (χ0n) is 17.2. The largest absolute Gasteiger partial charge is 0.444 e. The molecule has 3 N–H and O–H groups in total. The number of aromatic nitrogens is 1. The Kier molecular flexibility index (Phi) is 7.13. The van der Waals surface area contributed by atoms with E-state index in [1.165, 1.54) is 19.4 Å². The summed E-state index contributed by atoms with van der Waals surface area (Å²) >= 11 is 0. The summed E-state index contributed by atoms with van der Waals surface area (Å²) in [6.45, 7) is 13.2. The van der Waals surface area contributed by atoms with Crippen LogP contribution in [0.3, 0.4) is 0 Å². The highest BCUT2D eigenvalue weighted by Crippen LogP contribution is 2.20. The normalized spacial score (nSPS) is 23.2. The molecule has 0 spiro atoms. The van der Waals surface area contributed by atoms with Crippen LogP contribution in [0, 0.1) is 19.8 Å². The molecule has 152 valence electrons. The van der Waals surface area contributed by atoms with Gasteiger partial charge in [0.15, 0.2) is 5.96 Å². The summed E-state index contributed by atoms with van der Waals surface area (Å²) in [7, 11) is 0. The Bertz CT molecular complexity index is 600. The lowest BCUT2D eigenvalue weighted by molar-refractivity contribution is 0.166. The molecule has 2 saturated heterocycles. The number of guanidine groups is 1. The van der Waals surface area contributed by atoms with Crippen molar-refractivity contribution in [3.05, 3.63) is 17.3 Å². The Morgan fingerprint density at radius 3 is 2.70 bits per heavy atom. The van der Waals surface area contributed by atoms with Gasteiger partial charge in [0.05, 0.1) is 12.2 Å². The molecular weight excluding hydrogens is 340 g/mol. The molecule has 0 bridgehead atoms. The molecule has 0 radical (unpaired) electrons. The van der Waals surface area contributed by atoms with E-state index < -0.39 is 0 Å². The maximum Gasteiger partial charge on any atom is 0.208 e. The van der Waals surface area contributed by atoms with Crippen LogP contribution in [-0.2, 0) is 6.54 Å². The number of piperidine rings is 1. The zero-order valence-corrected chi connectivity index (χ0v) is 17.2. The second-order valence-corrected chi connectivity index (χ2v) is 8.00. The van der Waals surface area contributed by atoms with Crippen LogP contribution in [0.15, 0.2) is 9.41 Å². The lowest BCUT2D eigenvalue weighted by atomic mass is 9.97. The van der Waals surface area contributed by atoms with Crippen molar-refractivity contribution < 1.29 is 4.42 Å². The summed E-state index contributed by atoms with van der Waals surface area (Å²) in [4.78, 5) is 14.0. The maximum absolute atomic E-state index is 6.09. The smallest absolute Gasteiger partial charge is 0.208 e. The minimum absolute atomic E-state index is 0.603. The van der Waals surface area contributed by atoms with E-state index in [-0.39, 0.29) is 0 Å². The van der Waals surface area contributed by atoms with E-state index >= 15 is 0 Å². The van der Waals surface area contributed by atoms with Gasteiger partial charge in [0.2, 0.25) is 5.89 Å². The van der Waals surface area contributed by atoms with Gasteiger partial charge >= 0.3 is 0 Å². The average Bonchev–Trinajstić information content (AvgIpc) is 3.25. The van der Waals surface area contributed by atoms with Gasteiger partial charge in [-0.05, 0) is 71.6 Å². The highest BCUT2D eigenvalue weighted by atomic mass is 16.4. The van der Waals surface area contributed by atoms with Crippen LogP contribution in [0.5, 0.6) is 0 Å². The van der Waals surface area contributed by atoms with Gasteiger partial charge in [-0.25, -0.2) is 4.98 Å². The first-order valence-corrected chi connectivity index (χ1v) is 10.5. The maximum atomic E-state index is 6.09. The number of nitrogens with zero attached hydrogens (tertiary/aromatic N) is 4. The summed E-state index contributed by atoms with van der Waals surface area (Å²) in [5.74, 6) is 2.99. The van der Waals surface area contributed by atoms with Crippen LogP contribution < -0.4 is 11.1 Å². The monoisotopic (exact) mass is 376 g/mol.